The molecule has 1 atom stereocenters. The number of hydrogen-bond acceptors (Lipinski definition) is 3. The van der Waals surface area contributed by atoms with Crippen molar-refractivity contribution in [3.05, 3.63) is 77.9 Å². The number of Topliss-reactive ketones (excluding diaryl/α,β-unsaturated/α-hetero) is 1. The highest BCUT2D eigenvalue weighted by atomic mass is 16.5. The first-order chi connectivity index (χ1) is 11.2. The van der Waals surface area contributed by atoms with E-state index >= 15 is 0 Å². The van der Waals surface area contributed by atoms with Gasteiger partial charge in [-0.25, -0.2) is 4.79 Å². The van der Waals surface area contributed by atoms with E-state index in [0.717, 1.165) is 12.0 Å². The fraction of sp³-hybridized carbons (Fsp3) is 0.200. The Morgan fingerprint density at radius 2 is 1.61 bits per heavy atom. The highest BCUT2D eigenvalue weighted by Gasteiger charge is 2.22. The van der Waals surface area contributed by atoms with Gasteiger partial charge in [0.1, 0.15) is 0 Å². The predicted octanol–water partition coefficient (Wildman–Crippen LogP) is 4.29. The predicted molar refractivity (Wildman–Crippen MR) is 91.0 cm³/mol. The van der Waals surface area contributed by atoms with Crippen molar-refractivity contribution < 1.29 is 14.3 Å². The van der Waals surface area contributed by atoms with E-state index in [0.29, 0.717) is 12.0 Å². The van der Waals surface area contributed by atoms with Gasteiger partial charge in [-0.05, 0) is 18.1 Å². The molecule has 2 aromatic carbocycles. The third-order valence-corrected chi connectivity index (χ3v) is 3.37. The molecule has 0 bridgehead atoms. The summed E-state index contributed by atoms with van der Waals surface area (Å²) in [5, 5.41) is 0. The molecule has 0 heterocycles. The zero-order valence-corrected chi connectivity index (χ0v) is 13.1. The molecule has 23 heavy (non-hydrogen) atoms. The highest BCUT2D eigenvalue weighted by molar-refractivity contribution is 6.01. The summed E-state index contributed by atoms with van der Waals surface area (Å²) in [4.78, 5) is 24.4. The monoisotopic (exact) mass is 308 g/mol. The summed E-state index contributed by atoms with van der Waals surface area (Å²) >= 11 is 0. The number of carbonyl (C=O) groups excluding carboxylic acids is 2. The van der Waals surface area contributed by atoms with Crippen molar-refractivity contribution >= 4 is 17.8 Å². The number of ether oxygens (including phenoxy) is 1. The summed E-state index contributed by atoms with van der Waals surface area (Å²) in [7, 11) is 0. The number of hydrogen-bond donors (Lipinski definition) is 0. The molecule has 0 aromatic heterocycles. The molecule has 0 amide bonds. The topological polar surface area (TPSA) is 43.4 Å². The Hall–Kier alpha value is -2.68. The van der Waals surface area contributed by atoms with Crippen LogP contribution in [0.4, 0.5) is 0 Å². The van der Waals surface area contributed by atoms with E-state index in [1.807, 2.05) is 43.3 Å². The molecule has 2 aromatic rings. The van der Waals surface area contributed by atoms with Gasteiger partial charge in [0.15, 0.2) is 6.10 Å². The highest BCUT2D eigenvalue weighted by Crippen LogP contribution is 2.12. The Kier molecular flexibility index (Phi) is 6.30. The summed E-state index contributed by atoms with van der Waals surface area (Å²) in [5.74, 6) is -0.662. The Labute approximate surface area is 136 Å². The first-order valence-corrected chi connectivity index (χ1v) is 7.73. The van der Waals surface area contributed by atoms with Crippen LogP contribution in [0.15, 0.2) is 66.7 Å². The molecule has 0 radical (unpaired) electrons. The average molecular weight is 308 g/mol. The molecule has 0 saturated carbocycles. The first-order valence-electron chi connectivity index (χ1n) is 7.73. The molecular formula is C20H20O3. The second-order valence-corrected chi connectivity index (χ2v) is 5.19. The summed E-state index contributed by atoms with van der Waals surface area (Å²) in [6, 6.07) is 18.4. The van der Waals surface area contributed by atoms with Gasteiger partial charge in [0.2, 0.25) is 5.78 Å². The van der Waals surface area contributed by atoms with Crippen LogP contribution < -0.4 is 0 Å². The van der Waals surface area contributed by atoms with E-state index in [4.69, 9.17) is 4.74 Å². The number of esters is 1. The zero-order valence-electron chi connectivity index (χ0n) is 13.1. The molecule has 3 nitrogen and oxygen atoms in total. The van der Waals surface area contributed by atoms with Gasteiger partial charge in [-0.1, -0.05) is 74.0 Å². The van der Waals surface area contributed by atoms with Crippen molar-refractivity contribution in [3.63, 3.8) is 0 Å². The average Bonchev–Trinajstić information content (AvgIpc) is 2.60. The Morgan fingerprint density at radius 1 is 1.00 bits per heavy atom. The Morgan fingerprint density at radius 3 is 2.22 bits per heavy atom. The van der Waals surface area contributed by atoms with Crippen molar-refractivity contribution in [2.75, 3.05) is 0 Å². The zero-order chi connectivity index (χ0) is 16.5. The van der Waals surface area contributed by atoms with Crippen LogP contribution >= 0.6 is 0 Å². The maximum absolute atomic E-state index is 12.4. The number of carbonyl (C=O) groups is 2. The van der Waals surface area contributed by atoms with Crippen LogP contribution in [0, 0.1) is 0 Å². The lowest BCUT2D eigenvalue weighted by Crippen LogP contribution is -2.26. The minimum absolute atomic E-state index is 0.158. The van der Waals surface area contributed by atoms with Crippen molar-refractivity contribution in [1.82, 2.24) is 0 Å². The van der Waals surface area contributed by atoms with Crippen molar-refractivity contribution in [1.29, 1.82) is 0 Å². The molecule has 118 valence electrons. The van der Waals surface area contributed by atoms with Gasteiger partial charge in [-0.2, -0.15) is 0 Å². The van der Waals surface area contributed by atoms with Gasteiger partial charge in [-0.3, -0.25) is 4.79 Å². The summed E-state index contributed by atoms with van der Waals surface area (Å²) in [5.41, 5.74) is 1.47. The van der Waals surface area contributed by atoms with Gasteiger partial charge in [0.25, 0.3) is 0 Å². The van der Waals surface area contributed by atoms with Gasteiger partial charge in [0, 0.05) is 11.6 Å². The molecule has 0 aliphatic carbocycles. The third kappa shape index (κ3) is 5.22. The maximum atomic E-state index is 12.4. The molecule has 3 heteroatoms. The minimum Gasteiger partial charge on any atom is -0.451 e. The van der Waals surface area contributed by atoms with Gasteiger partial charge in [-0.15, -0.1) is 0 Å². The van der Waals surface area contributed by atoms with Gasteiger partial charge >= 0.3 is 5.97 Å². The second kappa shape index (κ2) is 8.69. The van der Waals surface area contributed by atoms with E-state index in [9.17, 15) is 9.59 Å². The summed E-state index contributed by atoms with van der Waals surface area (Å²) in [6.07, 6.45) is 3.57. The Balaban J connectivity index is 2.03. The van der Waals surface area contributed by atoms with Crippen LogP contribution in [0.1, 0.15) is 35.7 Å². The summed E-state index contributed by atoms with van der Waals surface area (Å²) in [6.45, 7) is 1.96. The molecule has 0 N–H and O–H groups in total. The lowest BCUT2D eigenvalue weighted by Gasteiger charge is -2.15. The van der Waals surface area contributed by atoms with Crippen LogP contribution in [-0.4, -0.2) is 17.9 Å². The second-order valence-electron chi connectivity index (χ2n) is 5.19. The largest absolute Gasteiger partial charge is 0.451 e. The van der Waals surface area contributed by atoms with E-state index < -0.39 is 12.1 Å². The minimum atomic E-state index is -0.740. The molecular weight excluding hydrogens is 288 g/mol. The Bertz CT molecular complexity index is 660. The van der Waals surface area contributed by atoms with Crippen molar-refractivity contribution in [2.45, 2.75) is 25.9 Å². The van der Waals surface area contributed by atoms with E-state index in [1.54, 1.807) is 30.3 Å². The van der Waals surface area contributed by atoms with Crippen molar-refractivity contribution in [3.8, 4) is 0 Å². The van der Waals surface area contributed by atoms with Gasteiger partial charge < -0.3 is 4.74 Å². The van der Waals surface area contributed by atoms with Crippen LogP contribution in [0.3, 0.4) is 0 Å². The smallest absolute Gasteiger partial charge is 0.331 e. The standard InChI is InChI=1S/C20H20O3/c1-2-9-18(20(22)17-12-7-4-8-13-17)23-19(21)15-14-16-10-5-3-6-11-16/h3-8,10-15,18H,2,9H2,1H3. The van der Waals surface area contributed by atoms with Crippen molar-refractivity contribution in [2.24, 2.45) is 0 Å². The molecule has 0 aliphatic heterocycles. The molecule has 1 unspecified atom stereocenters. The molecule has 2 rings (SSSR count). The molecule has 0 aliphatic rings. The molecule has 0 spiro atoms. The van der Waals surface area contributed by atoms with E-state index in [1.165, 1.54) is 6.08 Å². The van der Waals surface area contributed by atoms with E-state index in [2.05, 4.69) is 0 Å². The molecule has 0 saturated heterocycles. The van der Waals surface area contributed by atoms with E-state index in [-0.39, 0.29) is 5.78 Å². The van der Waals surface area contributed by atoms with Crippen LogP contribution in [0.5, 0.6) is 0 Å². The normalized spacial score (nSPS) is 12.0. The molecule has 0 fully saturated rings. The fourth-order valence-electron chi connectivity index (χ4n) is 2.20. The fourth-order valence-corrected chi connectivity index (χ4v) is 2.20. The summed E-state index contributed by atoms with van der Waals surface area (Å²) < 4.78 is 5.35. The van der Waals surface area contributed by atoms with Crippen LogP contribution in [-0.2, 0) is 9.53 Å². The number of rotatable bonds is 7. The lowest BCUT2D eigenvalue weighted by atomic mass is 10.0. The van der Waals surface area contributed by atoms with Crippen LogP contribution in [0.25, 0.3) is 6.08 Å². The SMILES string of the molecule is CCCC(OC(=O)C=Cc1ccccc1)C(=O)c1ccccc1. The maximum Gasteiger partial charge on any atom is 0.331 e. The number of ketones is 1. The third-order valence-electron chi connectivity index (χ3n) is 3.37. The lowest BCUT2D eigenvalue weighted by molar-refractivity contribution is -0.141. The first kappa shape index (κ1) is 16.7. The quantitative estimate of drug-likeness (QED) is 0.435. The van der Waals surface area contributed by atoms with Crippen LogP contribution in [0.2, 0.25) is 0 Å². The van der Waals surface area contributed by atoms with Gasteiger partial charge in [0.05, 0.1) is 0 Å². The number of benzene rings is 2.